The Morgan fingerprint density at radius 1 is 1.31 bits per heavy atom. The number of nitrogens with zero attached hydrogens (tertiary/aromatic N) is 1. The molecule has 5 heteroatoms. The Morgan fingerprint density at radius 3 is 2.31 bits per heavy atom. The molecule has 0 aromatic heterocycles. The minimum atomic E-state index is -3.56. The number of para-hydroxylation sites is 1. The third kappa shape index (κ3) is 2.19. The number of rotatable bonds is 3. The summed E-state index contributed by atoms with van der Waals surface area (Å²) >= 11 is 0. The third-order valence-corrected chi connectivity index (χ3v) is 3.07. The van der Waals surface area contributed by atoms with Crippen LogP contribution in [-0.4, -0.2) is 19.4 Å². The van der Waals surface area contributed by atoms with Gasteiger partial charge >= 0.3 is 0 Å². The van der Waals surface area contributed by atoms with Gasteiger partial charge in [0.15, 0.2) is 0 Å². The number of hydrogen-bond donors (Lipinski definition) is 1. The van der Waals surface area contributed by atoms with E-state index in [9.17, 15) is 13.6 Å². The van der Waals surface area contributed by atoms with Crippen LogP contribution in [0.1, 0.15) is 6.92 Å². The van der Waals surface area contributed by atoms with Gasteiger partial charge in [0.1, 0.15) is 0 Å². The summed E-state index contributed by atoms with van der Waals surface area (Å²) in [5.74, 6) is -0.127. The lowest BCUT2D eigenvalue weighted by Crippen LogP contribution is -2.28. The van der Waals surface area contributed by atoms with Crippen molar-refractivity contribution in [3.63, 3.8) is 0 Å². The van der Waals surface area contributed by atoms with Gasteiger partial charge in [-0.2, -0.15) is 0 Å². The van der Waals surface area contributed by atoms with Gasteiger partial charge in [-0.3, -0.25) is 5.21 Å². The normalized spacial score (nSPS) is 11.2. The van der Waals surface area contributed by atoms with E-state index in [2.05, 4.69) is 0 Å². The molecule has 0 aliphatic carbocycles. The maximum Gasteiger partial charge on any atom is 0.257 e. The summed E-state index contributed by atoms with van der Waals surface area (Å²) in [6.07, 6.45) is 0. The average molecular weight is 201 g/mol. The number of sulfonamides is 1. The smallest absolute Gasteiger partial charge is 0.257 e. The van der Waals surface area contributed by atoms with Crippen LogP contribution in [0.15, 0.2) is 30.3 Å². The lowest BCUT2D eigenvalue weighted by molar-refractivity contribution is 0.316. The fourth-order valence-electron chi connectivity index (χ4n) is 0.838. The zero-order valence-corrected chi connectivity index (χ0v) is 8.03. The summed E-state index contributed by atoms with van der Waals surface area (Å²) in [5, 5.41) is 9.29. The fraction of sp³-hybridized carbons (Fsp3) is 0.250. The van der Waals surface area contributed by atoms with Crippen LogP contribution in [0.2, 0.25) is 0 Å². The highest BCUT2D eigenvalue weighted by Crippen LogP contribution is 2.14. The summed E-state index contributed by atoms with van der Waals surface area (Å²) in [6, 6.07) is 8.10. The molecule has 72 valence electrons. The Balaban J connectivity index is 2.99. The molecule has 13 heavy (non-hydrogen) atoms. The largest absolute Gasteiger partial charge is 0.274 e. The zero-order valence-electron chi connectivity index (χ0n) is 7.21. The molecule has 0 atom stereocenters. The molecule has 0 saturated heterocycles. The standard InChI is InChI=1S/C8H11NO3S/c1-2-13(11,12)9(10)8-6-4-3-5-7-8/h3-7,10H,2H2,1H3. The lowest BCUT2D eigenvalue weighted by Gasteiger charge is -2.15. The molecule has 0 aliphatic rings. The van der Waals surface area contributed by atoms with Gasteiger partial charge in [0, 0.05) is 0 Å². The molecule has 4 nitrogen and oxygen atoms in total. The average Bonchev–Trinajstić information content (AvgIpc) is 2.18. The first kappa shape index (κ1) is 10.0. The van der Waals surface area contributed by atoms with Crippen molar-refractivity contribution in [2.45, 2.75) is 6.92 Å². The van der Waals surface area contributed by atoms with Gasteiger partial charge < -0.3 is 0 Å². The van der Waals surface area contributed by atoms with Crippen LogP contribution in [0.25, 0.3) is 0 Å². The molecule has 1 rings (SSSR count). The summed E-state index contributed by atoms with van der Waals surface area (Å²) in [6.45, 7) is 1.47. The summed E-state index contributed by atoms with van der Waals surface area (Å²) in [5.41, 5.74) is 0.254. The van der Waals surface area contributed by atoms with Gasteiger partial charge in [0.05, 0.1) is 11.4 Å². The van der Waals surface area contributed by atoms with E-state index in [0.717, 1.165) is 0 Å². The van der Waals surface area contributed by atoms with Gasteiger partial charge in [-0.1, -0.05) is 18.2 Å². The van der Waals surface area contributed by atoms with Crippen LogP contribution >= 0.6 is 0 Å². The van der Waals surface area contributed by atoms with Gasteiger partial charge in [0.2, 0.25) is 0 Å². The highest BCUT2D eigenvalue weighted by atomic mass is 32.2. The molecule has 0 heterocycles. The Hall–Kier alpha value is -1.07. The molecule has 1 N–H and O–H groups in total. The first-order chi connectivity index (χ1) is 6.08. The van der Waals surface area contributed by atoms with Crippen molar-refractivity contribution in [1.29, 1.82) is 0 Å². The summed E-state index contributed by atoms with van der Waals surface area (Å²) in [4.78, 5) is 0. The minimum absolute atomic E-state index is 0.127. The van der Waals surface area contributed by atoms with Crippen LogP contribution in [-0.2, 0) is 10.0 Å². The van der Waals surface area contributed by atoms with E-state index < -0.39 is 10.0 Å². The number of benzene rings is 1. The van der Waals surface area contributed by atoms with E-state index in [1.165, 1.54) is 19.1 Å². The van der Waals surface area contributed by atoms with Gasteiger partial charge in [-0.15, -0.1) is 4.47 Å². The second-order valence-corrected chi connectivity index (χ2v) is 4.57. The molecule has 0 amide bonds. The van der Waals surface area contributed by atoms with Gasteiger partial charge in [0.25, 0.3) is 10.0 Å². The number of anilines is 1. The molecule has 0 fully saturated rings. The Morgan fingerprint density at radius 2 is 1.85 bits per heavy atom. The SMILES string of the molecule is CCS(=O)(=O)N(O)c1ccccc1. The van der Waals surface area contributed by atoms with Crippen molar-refractivity contribution in [2.24, 2.45) is 0 Å². The summed E-state index contributed by atoms with van der Waals surface area (Å²) in [7, 11) is -3.56. The molecule has 0 bridgehead atoms. The zero-order chi connectivity index (χ0) is 9.90. The second kappa shape index (κ2) is 3.76. The Kier molecular flexibility index (Phi) is 2.90. The van der Waals surface area contributed by atoms with E-state index >= 15 is 0 Å². The maximum atomic E-state index is 11.2. The maximum absolute atomic E-state index is 11.2. The first-order valence-corrected chi connectivity index (χ1v) is 5.46. The van der Waals surface area contributed by atoms with Crippen LogP contribution in [0, 0.1) is 0 Å². The predicted octanol–water partition coefficient (Wildman–Crippen LogP) is 1.23. The first-order valence-electron chi connectivity index (χ1n) is 3.85. The molecule has 0 unspecified atom stereocenters. The van der Waals surface area contributed by atoms with Crippen molar-refractivity contribution in [2.75, 3.05) is 10.2 Å². The van der Waals surface area contributed by atoms with Crippen LogP contribution in [0.3, 0.4) is 0 Å². The van der Waals surface area contributed by atoms with Crippen molar-refractivity contribution >= 4 is 15.7 Å². The molecular formula is C8H11NO3S. The van der Waals surface area contributed by atoms with Crippen molar-refractivity contribution in [1.82, 2.24) is 0 Å². The van der Waals surface area contributed by atoms with Gasteiger partial charge in [-0.25, -0.2) is 8.42 Å². The summed E-state index contributed by atoms with van der Waals surface area (Å²) < 4.78 is 22.6. The minimum Gasteiger partial charge on any atom is -0.274 e. The topological polar surface area (TPSA) is 57.6 Å². The van der Waals surface area contributed by atoms with Crippen molar-refractivity contribution < 1.29 is 13.6 Å². The van der Waals surface area contributed by atoms with Crippen molar-refractivity contribution in [3.8, 4) is 0 Å². The molecular weight excluding hydrogens is 190 g/mol. The third-order valence-electron chi connectivity index (χ3n) is 1.61. The van der Waals surface area contributed by atoms with Crippen LogP contribution in [0.4, 0.5) is 5.69 Å². The predicted molar refractivity (Wildman–Crippen MR) is 50.2 cm³/mol. The van der Waals surface area contributed by atoms with E-state index in [-0.39, 0.29) is 11.4 Å². The Labute approximate surface area is 77.4 Å². The number of hydrogen-bond acceptors (Lipinski definition) is 3. The lowest BCUT2D eigenvalue weighted by atomic mass is 10.3. The highest BCUT2D eigenvalue weighted by molar-refractivity contribution is 7.92. The van der Waals surface area contributed by atoms with E-state index in [0.29, 0.717) is 4.47 Å². The quantitative estimate of drug-likeness (QED) is 0.748. The van der Waals surface area contributed by atoms with E-state index in [1.54, 1.807) is 18.2 Å². The molecule has 1 aromatic rings. The second-order valence-electron chi connectivity index (χ2n) is 2.48. The molecule has 0 radical (unpaired) electrons. The van der Waals surface area contributed by atoms with E-state index in [4.69, 9.17) is 0 Å². The highest BCUT2D eigenvalue weighted by Gasteiger charge is 2.17. The van der Waals surface area contributed by atoms with Crippen LogP contribution in [0.5, 0.6) is 0 Å². The molecule has 0 saturated carbocycles. The van der Waals surface area contributed by atoms with Crippen LogP contribution < -0.4 is 4.47 Å². The molecule has 0 aliphatic heterocycles. The fourth-order valence-corrected chi connectivity index (χ4v) is 1.53. The molecule has 1 aromatic carbocycles. The molecule has 0 spiro atoms. The van der Waals surface area contributed by atoms with E-state index in [1.807, 2.05) is 0 Å². The monoisotopic (exact) mass is 201 g/mol. The Bertz CT molecular complexity index is 360. The van der Waals surface area contributed by atoms with Crippen molar-refractivity contribution in [3.05, 3.63) is 30.3 Å². The van der Waals surface area contributed by atoms with Gasteiger partial charge in [-0.05, 0) is 19.1 Å².